The minimum Gasteiger partial charge on any atom is -0.324 e. The zero-order valence-electron chi connectivity index (χ0n) is 18.9. The van der Waals surface area contributed by atoms with E-state index in [0.717, 1.165) is 21.4 Å². The highest BCUT2D eigenvalue weighted by molar-refractivity contribution is 6.04. The molecular formula is C27H24N4O3. The van der Waals surface area contributed by atoms with Crippen LogP contribution >= 0.6 is 0 Å². The summed E-state index contributed by atoms with van der Waals surface area (Å²) in [6, 6.07) is 25.1. The lowest BCUT2D eigenvalue weighted by Gasteiger charge is -2.12. The fourth-order valence-electron chi connectivity index (χ4n) is 3.36. The molecule has 170 valence electrons. The zero-order valence-corrected chi connectivity index (χ0v) is 18.9. The van der Waals surface area contributed by atoms with Crippen LogP contribution in [0.4, 0.5) is 11.4 Å². The molecule has 7 heteroatoms. The van der Waals surface area contributed by atoms with Gasteiger partial charge < -0.3 is 10.6 Å². The van der Waals surface area contributed by atoms with Gasteiger partial charge in [0.1, 0.15) is 12.2 Å². The number of aromatic nitrogens is 2. The van der Waals surface area contributed by atoms with Crippen LogP contribution in [0.15, 0.2) is 89.7 Å². The van der Waals surface area contributed by atoms with Crippen molar-refractivity contribution in [3.63, 3.8) is 0 Å². The highest BCUT2D eigenvalue weighted by atomic mass is 16.2. The molecule has 4 rings (SSSR count). The van der Waals surface area contributed by atoms with Gasteiger partial charge in [0.05, 0.1) is 5.69 Å². The van der Waals surface area contributed by atoms with Gasteiger partial charge in [-0.05, 0) is 44.2 Å². The van der Waals surface area contributed by atoms with Crippen LogP contribution < -0.4 is 16.2 Å². The third kappa shape index (κ3) is 5.45. The minimum atomic E-state index is -0.570. The van der Waals surface area contributed by atoms with Crippen molar-refractivity contribution in [2.75, 3.05) is 10.6 Å². The summed E-state index contributed by atoms with van der Waals surface area (Å²) >= 11 is 0. The van der Waals surface area contributed by atoms with Crippen molar-refractivity contribution < 1.29 is 9.59 Å². The van der Waals surface area contributed by atoms with Crippen LogP contribution in [0, 0.1) is 13.8 Å². The number of amides is 2. The second-order valence-electron chi connectivity index (χ2n) is 8.01. The van der Waals surface area contributed by atoms with Crippen LogP contribution in [0.25, 0.3) is 11.3 Å². The SMILES string of the molecule is Cc1ccc(NC(=O)Cn2nc(-c3ccc(C)cc3)cc(NC(=O)c3ccccc3)c2=O)cc1. The number of carbonyl (C=O) groups is 2. The van der Waals surface area contributed by atoms with Crippen molar-refractivity contribution in [3.05, 3.63) is 112 Å². The van der Waals surface area contributed by atoms with Crippen molar-refractivity contribution in [3.8, 4) is 11.3 Å². The first-order valence-electron chi connectivity index (χ1n) is 10.8. The molecule has 0 aliphatic heterocycles. The molecule has 2 N–H and O–H groups in total. The van der Waals surface area contributed by atoms with Crippen LogP contribution in [0.2, 0.25) is 0 Å². The number of nitrogens with zero attached hydrogens (tertiary/aromatic N) is 2. The normalized spacial score (nSPS) is 10.5. The van der Waals surface area contributed by atoms with Crippen LogP contribution in [-0.2, 0) is 11.3 Å². The fraction of sp³-hybridized carbons (Fsp3) is 0.111. The first-order chi connectivity index (χ1) is 16.4. The molecule has 7 nitrogen and oxygen atoms in total. The number of benzene rings is 3. The second kappa shape index (κ2) is 9.95. The first-order valence-corrected chi connectivity index (χ1v) is 10.8. The standard InChI is InChI=1S/C27H24N4O3/c1-18-8-12-20(13-9-18)23-16-24(29-26(33)21-6-4-3-5-7-21)27(34)31(30-23)17-25(32)28-22-14-10-19(2)11-15-22/h3-16H,17H2,1-2H3,(H,28,32)(H,29,33). The maximum absolute atomic E-state index is 13.1. The fourth-order valence-corrected chi connectivity index (χ4v) is 3.36. The summed E-state index contributed by atoms with van der Waals surface area (Å²) < 4.78 is 1.07. The van der Waals surface area contributed by atoms with Crippen LogP contribution in [-0.4, -0.2) is 21.6 Å². The summed E-state index contributed by atoms with van der Waals surface area (Å²) in [5.41, 5.74) is 3.88. The highest BCUT2D eigenvalue weighted by Gasteiger charge is 2.16. The lowest BCUT2D eigenvalue weighted by atomic mass is 10.1. The number of hydrogen-bond acceptors (Lipinski definition) is 4. The van der Waals surface area contributed by atoms with E-state index < -0.39 is 17.4 Å². The Hall–Kier alpha value is -4.52. The average molecular weight is 453 g/mol. The van der Waals surface area contributed by atoms with Crippen molar-refractivity contribution >= 4 is 23.2 Å². The largest absolute Gasteiger partial charge is 0.324 e. The summed E-state index contributed by atoms with van der Waals surface area (Å²) in [6.45, 7) is 3.62. The van der Waals surface area contributed by atoms with Gasteiger partial charge in [-0.1, -0.05) is 65.7 Å². The lowest BCUT2D eigenvalue weighted by molar-refractivity contribution is -0.117. The molecule has 1 aromatic heterocycles. The Morgan fingerprint density at radius 2 is 1.44 bits per heavy atom. The van der Waals surface area contributed by atoms with Crippen molar-refractivity contribution in [1.82, 2.24) is 9.78 Å². The molecule has 1 heterocycles. The van der Waals surface area contributed by atoms with E-state index >= 15 is 0 Å². The molecule has 4 aromatic rings. The smallest absolute Gasteiger partial charge is 0.291 e. The van der Waals surface area contributed by atoms with Crippen molar-refractivity contribution in [2.45, 2.75) is 20.4 Å². The van der Waals surface area contributed by atoms with Crippen LogP contribution in [0.3, 0.4) is 0 Å². The molecule has 0 radical (unpaired) electrons. The number of hydrogen-bond donors (Lipinski definition) is 2. The molecule has 0 atom stereocenters. The molecule has 0 aliphatic rings. The van der Waals surface area contributed by atoms with E-state index in [4.69, 9.17) is 0 Å². The third-order valence-corrected chi connectivity index (χ3v) is 5.23. The molecule has 0 fully saturated rings. The van der Waals surface area contributed by atoms with Crippen LogP contribution in [0.1, 0.15) is 21.5 Å². The maximum Gasteiger partial charge on any atom is 0.291 e. The van der Waals surface area contributed by atoms with Gasteiger partial charge in [-0.25, -0.2) is 4.68 Å². The van der Waals surface area contributed by atoms with Gasteiger partial charge in [-0.15, -0.1) is 0 Å². The molecule has 0 saturated carbocycles. The molecule has 0 aliphatic carbocycles. The van der Waals surface area contributed by atoms with Gasteiger partial charge in [0.15, 0.2) is 0 Å². The van der Waals surface area contributed by atoms with E-state index in [2.05, 4.69) is 15.7 Å². The Labute approximate surface area is 197 Å². The van der Waals surface area contributed by atoms with E-state index in [1.165, 1.54) is 6.07 Å². The Morgan fingerprint density at radius 1 is 0.824 bits per heavy atom. The van der Waals surface area contributed by atoms with E-state index in [-0.39, 0.29) is 12.2 Å². The van der Waals surface area contributed by atoms with E-state index in [9.17, 15) is 14.4 Å². The zero-order chi connectivity index (χ0) is 24.1. The molecule has 0 spiro atoms. The molecule has 34 heavy (non-hydrogen) atoms. The lowest BCUT2D eigenvalue weighted by Crippen LogP contribution is -2.32. The summed E-state index contributed by atoms with van der Waals surface area (Å²) in [4.78, 5) is 38.5. The topological polar surface area (TPSA) is 93.1 Å². The number of aryl methyl sites for hydroxylation is 2. The Kier molecular flexibility index (Phi) is 6.64. The van der Waals surface area contributed by atoms with Gasteiger partial charge in [-0.2, -0.15) is 5.10 Å². The summed E-state index contributed by atoms with van der Waals surface area (Å²) in [7, 11) is 0. The first kappa shape index (κ1) is 22.7. The van der Waals surface area contributed by atoms with Gasteiger partial charge in [0.25, 0.3) is 11.5 Å². The van der Waals surface area contributed by atoms with E-state index in [1.54, 1.807) is 42.5 Å². The quantitative estimate of drug-likeness (QED) is 0.453. The molecular weight excluding hydrogens is 428 g/mol. The van der Waals surface area contributed by atoms with Gasteiger partial charge in [0.2, 0.25) is 5.91 Å². The minimum absolute atomic E-state index is 0.0440. The molecule has 0 bridgehead atoms. The molecule has 3 aromatic carbocycles. The molecule has 0 saturated heterocycles. The number of rotatable bonds is 6. The Morgan fingerprint density at radius 3 is 2.09 bits per heavy atom. The van der Waals surface area contributed by atoms with Crippen molar-refractivity contribution in [2.24, 2.45) is 0 Å². The number of nitrogens with one attached hydrogen (secondary N) is 2. The van der Waals surface area contributed by atoms with Crippen LogP contribution in [0.5, 0.6) is 0 Å². The van der Waals surface area contributed by atoms with E-state index in [0.29, 0.717) is 16.9 Å². The predicted molar refractivity (Wildman–Crippen MR) is 133 cm³/mol. The van der Waals surface area contributed by atoms with Gasteiger partial charge >= 0.3 is 0 Å². The number of carbonyl (C=O) groups excluding carboxylic acids is 2. The third-order valence-electron chi connectivity index (χ3n) is 5.23. The number of anilines is 2. The average Bonchev–Trinajstić information content (AvgIpc) is 2.84. The van der Waals surface area contributed by atoms with Crippen molar-refractivity contribution in [1.29, 1.82) is 0 Å². The molecule has 2 amide bonds. The van der Waals surface area contributed by atoms with E-state index in [1.807, 2.05) is 50.2 Å². The van der Waals surface area contributed by atoms with Gasteiger partial charge in [0, 0.05) is 16.8 Å². The highest BCUT2D eigenvalue weighted by Crippen LogP contribution is 2.19. The summed E-state index contributed by atoms with van der Waals surface area (Å²) in [6.07, 6.45) is 0. The molecule has 0 unspecified atom stereocenters. The van der Waals surface area contributed by atoms with Gasteiger partial charge in [-0.3, -0.25) is 14.4 Å². The predicted octanol–water partition coefficient (Wildman–Crippen LogP) is 4.42. The summed E-state index contributed by atoms with van der Waals surface area (Å²) in [5.74, 6) is -0.825. The maximum atomic E-state index is 13.1. The Balaban J connectivity index is 1.67. The summed E-state index contributed by atoms with van der Waals surface area (Å²) in [5, 5.41) is 9.85. The monoisotopic (exact) mass is 452 g/mol. The Bertz CT molecular complexity index is 1380. The second-order valence-corrected chi connectivity index (χ2v) is 8.01.